The molecule has 0 saturated heterocycles. The number of nitrogens with two attached hydrogens (primary N) is 1. The summed E-state index contributed by atoms with van der Waals surface area (Å²) in [6.07, 6.45) is 1.71. The molecule has 3 aromatic rings. The highest BCUT2D eigenvalue weighted by molar-refractivity contribution is 9.10. The summed E-state index contributed by atoms with van der Waals surface area (Å²) in [4.78, 5) is 0. The molecule has 1 heterocycles. The van der Waals surface area contributed by atoms with Crippen LogP contribution in [0.1, 0.15) is 5.56 Å². The van der Waals surface area contributed by atoms with Crippen LogP contribution in [-0.4, -0.2) is 15.9 Å². The van der Waals surface area contributed by atoms with E-state index in [0.29, 0.717) is 0 Å². The molecule has 0 atom stereocenters. The Balaban J connectivity index is 2.20. The molecule has 2 aromatic carbocycles. The monoisotopic (exact) mass is 372 g/mol. The predicted molar refractivity (Wildman–Crippen MR) is 98.5 cm³/mol. The van der Waals surface area contributed by atoms with E-state index in [2.05, 4.69) is 55.3 Å². The van der Waals surface area contributed by atoms with Gasteiger partial charge < -0.3 is 10.3 Å². The number of aromatic nitrogens is 1. The van der Waals surface area contributed by atoms with Gasteiger partial charge >= 0.3 is 0 Å². The summed E-state index contributed by atoms with van der Waals surface area (Å²) in [6.45, 7) is 0. The number of fused-ring (bicyclic) bond motifs is 1. The van der Waals surface area contributed by atoms with Crippen LogP contribution in [0.5, 0.6) is 0 Å². The molecule has 0 aliphatic rings. The van der Waals surface area contributed by atoms with Crippen molar-refractivity contribution < 1.29 is 0 Å². The van der Waals surface area contributed by atoms with Gasteiger partial charge in [-0.3, -0.25) is 5.43 Å². The van der Waals surface area contributed by atoms with Gasteiger partial charge in [-0.25, -0.2) is 0 Å². The van der Waals surface area contributed by atoms with E-state index in [1.807, 2.05) is 30.3 Å². The highest BCUT2D eigenvalue weighted by atomic mass is 79.9. The second-order valence-corrected chi connectivity index (χ2v) is 5.82. The molecular formula is C16H13BrN4S. The molecule has 0 saturated carbocycles. The van der Waals surface area contributed by atoms with Crippen LogP contribution in [0.2, 0.25) is 0 Å². The first kappa shape index (κ1) is 14.7. The maximum atomic E-state index is 5.39. The number of hydrogen-bond donors (Lipinski definition) is 2. The Labute approximate surface area is 141 Å². The van der Waals surface area contributed by atoms with E-state index in [9.17, 15) is 0 Å². The molecule has 0 bridgehead atoms. The summed E-state index contributed by atoms with van der Waals surface area (Å²) < 4.78 is 3.06. The van der Waals surface area contributed by atoms with Crippen molar-refractivity contribution in [3.05, 3.63) is 64.8 Å². The first-order valence-electron chi connectivity index (χ1n) is 6.61. The van der Waals surface area contributed by atoms with Crippen molar-refractivity contribution in [2.45, 2.75) is 0 Å². The number of hydrazone groups is 1. The number of para-hydroxylation sites is 2. The molecule has 0 unspecified atom stereocenters. The molecule has 6 heteroatoms. The first-order chi connectivity index (χ1) is 10.7. The van der Waals surface area contributed by atoms with Gasteiger partial charge in [-0.1, -0.05) is 36.4 Å². The highest BCUT2D eigenvalue weighted by Gasteiger charge is 2.14. The Morgan fingerprint density at radius 3 is 2.55 bits per heavy atom. The number of benzene rings is 2. The third-order valence-corrected chi connectivity index (χ3v) is 4.11. The SMILES string of the molecule is NC(=S)N/N=C/c1c(Br)n(-c2ccccc2)c2ccccc12. The van der Waals surface area contributed by atoms with Crippen LogP contribution in [0.25, 0.3) is 16.6 Å². The average Bonchev–Trinajstić information content (AvgIpc) is 2.80. The van der Waals surface area contributed by atoms with E-state index in [4.69, 9.17) is 18.0 Å². The second kappa shape index (κ2) is 6.29. The fourth-order valence-electron chi connectivity index (χ4n) is 2.35. The number of rotatable bonds is 3. The third-order valence-electron chi connectivity index (χ3n) is 3.24. The zero-order valence-electron chi connectivity index (χ0n) is 11.5. The molecule has 3 N–H and O–H groups in total. The molecule has 0 radical (unpaired) electrons. The Hall–Kier alpha value is -2.18. The fourth-order valence-corrected chi connectivity index (χ4v) is 3.11. The zero-order chi connectivity index (χ0) is 15.5. The van der Waals surface area contributed by atoms with Crippen LogP contribution in [0.3, 0.4) is 0 Å². The lowest BCUT2D eigenvalue weighted by molar-refractivity contribution is 1.04. The van der Waals surface area contributed by atoms with Crippen molar-refractivity contribution in [2.75, 3.05) is 0 Å². The molecule has 3 rings (SSSR count). The van der Waals surface area contributed by atoms with E-state index in [1.54, 1.807) is 6.21 Å². The van der Waals surface area contributed by atoms with E-state index in [0.717, 1.165) is 26.8 Å². The van der Waals surface area contributed by atoms with Gasteiger partial charge in [0.25, 0.3) is 0 Å². The van der Waals surface area contributed by atoms with Crippen molar-refractivity contribution in [3.63, 3.8) is 0 Å². The standard InChI is InChI=1S/C16H13BrN4S/c17-15-13(10-19-20-16(18)22)12-8-4-5-9-14(12)21(15)11-6-2-1-3-7-11/h1-10H,(H3,18,20,22)/b19-10+. The summed E-state index contributed by atoms with van der Waals surface area (Å²) in [5, 5.41) is 5.30. The normalized spacial score (nSPS) is 11.1. The van der Waals surface area contributed by atoms with Crippen molar-refractivity contribution in [1.82, 2.24) is 9.99 Å². The maximum Gasteiger partial charge on any atom is 0.184 e. The van der Waals surface area contributed by atoms with E-state index in [-0.39, 0.29) is 5.11 Å². The van der Waals surface area contributed by atoms with Gasteiger partial charge in [0.05, 0.1) is 16.3 Å². The molecule has 0 amide bonds. The number of thiocarbonyl (C=S) groups is 1. The summed E-state index contributed by atoms with van der Waals surface area (Å²) in [5.41, 5.74) is 11.1. The first-order valence-corrected chi connectivity index (χ1v) is 7.81. The molecule has 0 fully saturated rings. The van der Waals surface area contributed by atoms with Gasteiger partial charge in [-0.2, -0.15) is 5.10 Å². The Morgan fingerprint density at radius 1 is 1.14 bits per heavy atom. The van der Waals surface area contributed by atoms with Crippen LogP contribution >= 0.6 is 28.1 Å². The van der Waals surface area contributed by atoms with Crippen molar-refractivity contribution in [1.29, 1.82) is 0 Å². The number of halogens is 1. The van der Waals surface area contributed by atoms with Gasteiger partial charge in [0.1, 0.15) is 0 Å². The van der Waals surface area contributed by atoms with Crippen LogP contribution in [0.15, 0.2) is 64.3 Å². The van der Waals surface area contributed by atoms with Gasteiger partial charge in [0, 0.05) is 16.6 Å². The second-order valence-electron chi connectivity index (χ2n) is 4.63. The van der Waals surface area contributed by atoms with Gasteiger partial charge in [0.15, 0.2) is 5.11 Å². The summed E-state index contributed by atoms with van der Waals surface area (Å²) in [7, 11) is 0. The summed E-state index contributed by atoms with van der Waals surface area (Å²) >= 11 is 8.44. The lowest BCUT2D eigenvalue weighted by atomic mass is 10.2. The maximum absolute atomic E-state index is 5.39. The van der Waals surface area contributed by atoms with Crippen LogP contribution in [-0.2, 0) is 0 Å². The molecular weight excluding hydrogens is 360 g/mol. The molecule has 0 aliphatic heterocycles. The van der Waals surface area contributed by atoms with Crippen molar-refractivity contribution in [3.8, 4) is 5.69 Å². The fraction of sp³-hybridized carbons (Fsp3) is 0. The largest absolute Gasteiger partial charge is 0.375 e. The molecule has 0 aliphatic carbocycles. The summed E-state index contributed by atoms with van der Waals surface area (Å²) in [5.74, 6) is 0. The molecule has 110 valence electrons. The Bertz CT molecular complexity index is 855. The Morgan fingerprint density at radius 2 is 1.82 bits per heavy atom. The smallest absolute Gasteiger partial charge is 0.184 e. The zero-order valence-corrected chi connectivity index (χ0v) is 13.9. The Kier molecular flexibility index (Phi) is 4.22. The molecule has 22 heavy (non-hydrogen) atoms. The van der Waals surface area contributed by atoms with E-state index >= 15 is 0 Å². The molecule has 0 spiro atoms. The topological polar surface area (TPSA) is 55.3 Å². The number of nitrogens with one attached hydrogen (secondary N) is 1. The van der Waals surface area contributed by atoms with Crippen LogP contribution < -0.4 is 11.2 Å². The van der Waals surface area contributed by atoms with Gasteiger partial charge in [-0.15, -0.1) is 0 Å². The van der Waals surface area contributed by atoms with Crippen LogP contribution in [0, 0.1) is 0 Å². The lowest BCUT2D eigenvalue weighted by Crippen LogP contribution is -2.24. The average molecular weight is 373 g/mol. The summed E-state index contributed by atoms with van der Waals surface area (Å²) in [6, 6.07) is 18.3. The lowest BCUT2D eigenvalue weighted by Gasteiger charge is -2.06. The highest BCUT2D eigenvalue weighted by Crippen LogP contribution is 2.32. The molecule has 4 nitrogen and oxygen atoms in total. The van der Waals surface area contributed by atoms with Gasteiger partial charge in [-0.05, 0) is 46.3 Å². The third kappa shape index (κ3) is 2.75. The van der Waals surface area contributed by atoms with E-state index in [1.165, 1.54) is 0 Å². The van der Waals surface area contributed by atoms with Crippen LogP contribution in [0.4, 0.5) is 0 Å². The van der Waals surface area contributed by atoms with E-state index < -0.39 is 0 Å². The number of hydrogen-bond acceptors (Lipinski definition) is 2. The van der Waals surface area contributed by atoms with Gasteiger partial charge in [0.2, 0.25) is 0 Å². The molecule has 1 aromatic heterocycles. The minimum atomic E-state index is 0.138. The predicted octanol–water partition coefficient (Wildman–Crippen LogP) is 3.56. The minimum Gasteiger partial charge on any atom is -0.375 e. The minimum absolute atomic E-state index is 0.138. The quantitative estimate of drug-likeness (QED) is 0.419. The van der Waals surface area contributed by atoms with Crippen molar-refractivity contribution >= 4 is 50.4 Å². The number of nitrogens with zero attached hydrogens (tertiary/aromatic N) is 2. The van der Waals surface area contributed by atoms with Crippen molar-refractivity contribution in [2.24, 2.45) is 10.8 Å².